The first kappa shape index (κ1) is 20.7. The maximum Gasteiger partial charge on any atom is 0.233 e. The molecule has 4 nitrogen and oxygen atoms in total. The number of nitrogens with one attached hydrogen (secondary N) is 1. The van der Waals surface area contributed by atoms with Crippen molar-refractivity contribution in [2.45, 2.75) is 49.5 Å². The van der Waals surface area contributed by atoms with E-state index in [0.29, 0.717) is 12.6 Å². The van der Waals surface area contributed by atoms with Crippen molar-refractivity contribution in [3.63, 3.8) is 0 Å². The summed E-state index contributed by atoms with van der Waals surface area (Å²) >= 11 is 1.58. The van der Waals surface area contributed by atoms with Crippen LogP contribution in [0.1, 0.15) is 30.9 Å². The van der Waals surface area contributed by atoms with Crippen LogP contribution in [0, 0.1) is 6.92 Å². The van der Waals surface area contributed by atoms with Gasteiger partial charge in [-0.05, 0) is 63.6 Å². The molecular formula is C23H30N2O2S. The summed E-state index contributed by atoms with van der Waals surface area (Å²) in [7, 11) is 2.15. The van der Waals surface area contributed by atoms with Crippen molar-refractivity contribution in [2.75, 3.05) is 20.1 Å². The minimum Gasteiger partial charge on any atom is -0.490 e. The number of ether oxygens (including phenoxy) is 1. The summed E-state index contributed by atoms with van der Waals surface area (Å²) in [6, 6.07) is 16.3. The number of amides is 1. The minimum absolute atomic E-state index is 0.0530. The lowest BCUT2D eigenvalue weighted by Gasteiger charge is -2.29. The Bertz CT molecular complexity index is 753. The monoisotopic (exact) mass is 398 g/mol. The van der Waals surface area contributed by atoms with E-state index in [0.717, 1.165) is 42.1 Å². The van der Waals surface area contributed by atoms with Gasteiger partial charge in [-0.1, -0.05) is 29.8 Å². The first-order valence-corrected chi connectivity index (χ1v) is 10.8. The maximum atomic E-state index is 12.4. The Hall–Kier alpha value is -1.98. The molecule has 0 bridgehead atoms. The summed E-state index contributed by atoms with van der Waals surface area (Å²) in [6.45, 7) is 6.72. The van der Waals surface area contributed by atoms with Gasteiger partial charge < -0.3 is 15.0 Å². The number of likely N-dealkylation sites (tertiary alicyclic amines) is 1. The van der Waals surface area contributed by atoms with Crippen molar-refractivity contribution in [2.24, 2.45) is 0 Å². The molecule has 1 aliphatic rings. The lowest BCUT2D eigenvalue weighted by molar-refractivity contribution is -0.120. The van der Waals surface area contributed by atoms with Crippen LogP contribution in [0.4, 0.5) is 0 Å². The number of benzene rings is 2. The predicted molar refractivity (Wildman–Crippen MR) is 116 cm³/mol. The largest absolute Gasteiger partial charge is 0.490 e. The van der Waals surface area contributed by atoms with Crippen LogP contribution in [0.25, 0.3) is 0 Å². The van der Waals surface area contributed by atoms with E-state index in [4.69, 9.17) is 4.74 Å². The molecule has 1 heterocycles. The molecule has 0 spiro atoms. The normalized spacial score (nSPS) is 16.5. The summed E-state index contributed by atoms with van der Waals surface area (Å²) in [5.74, 6) is 0.963. The summed E-state index contributed by atoms with van der Waals surface area (Å²) in [4.78, 5) is 15.8. The number of piperidine rings is 1. The number of nitrogens with zero attached hydrogens (tertiary/aromatic N) is 1. The van der Waals surface area contributed by atoms with E-state index < -0.39 is 0 Å². The molecule has 1 fully saturated rings. The SMILES string of the molecule is Cc1ccc(SC(C)C(=O)NCc2ccc(OC3CCN(C)CC3)cc2)cc1. The van der Waals surface area contributed by atoms with Gasteiger partial charge in [0.1, 0.15) is 11.9 Å². The third kappa shape index (κ3) is 6.28. The number of thioether (sulfide) groups is 1. The van der Waals surface area contributed by atoms with E-state index in [-0.39, 0.29) is 11.2 Å². The number of carbonyl (C=O) groups is 1. The first-order chi connectivity index (χ1) is 13.5. The van der Waals surface area contributed by atoms with Crippen molar-refractivity contribution in [1.82, 2.24) is 10.2 Å². The molecule has 1 amide bonds. The van der Waals surface area contributed by atoms with E-state index in [9.17, 15) is 4.79 Å². The van der Waals surface area contributed by atoms with Gasteiger partial charge in [-0.2, -0.15) is 0 Å². The highest BCUT2D eigenvalue weighted by Crippen LogP contribution is 2.24. The third-order valence-corrected chi connectivity index (χ3v) is 6.17. The molecule has 0 saturated carbocycles. The van der Waals surface area contributed by atoms with E-state index in [1.54, 1.807) is 11.8 Å². The zero-order valence-electron chi connectivity index (χ0n) is 17.0. The van der Waals surface area contributed by atoms with Crippen molar-refractivity contribution in [1.29, 1.82) is 0 Å². The topological polar surface area (TPSA) is 41.6 Å². The van der Waals surface area contributed by atoms with E-state index in [2.05, 4.69) is 48.5 Å². The maximum absolute atomic E-state index is 12.4. The quantitative estimate of drug-likeness (QED) is 0.708. The number of aryl methyl sites for hydroxylation is 1. The molecule has 1 atom stereocenters. The summed E-state index contributed by atoms with van der Waals surface area (Å²) in [5.41, 5.74) is 2.31. The van der Waals surface area contributed by atoms with Crippen LogP contribution in [-0.4, -0.2) is 42.3 Å². The number of rotatable bonds is 7. The van der Waals surface area contributed by atoms with Gasteiger partial charge in [0.2, 0.25) is 5.91 Å². The van der Waals surface area contributed by atoms with E-state index in [1.807, 2.05) is 31.2 Å². The molecule has 1 saturated heterocycles. The van der Waals surface area contributed by atoms with Crippen molar-refractivity contribution < 1.29 is 9.53 Å². The predicted octanol–water partition coefficient (Wildman–Crippen LogP) is 4.27. The number of carbonyl (C=O) groups excluding carboxylic acids is 1. The Morgan fingerprint density at radius 1 is 1.14 bits per heavy atom. The smallest absolute Gasteiger partial charge is 0.233 e. The van der Waals surface area contributed by atoms with Crippen LogP contribution in [0.15, 0.2) is 53.4 Å². The average Bonchev–Trinajstić information content (AvgIpc) is 2.70. The summed E-state index contributed by atoms with van der Waals surface area (Å²) in [6.07, 6.45) is 2.46. The van der Waals surface area contributed by atoms with Gasteiger partial charge in [0, 0.05) is 24.5 Å². The van der Waals surface area contributed by atoms with Gasteiger partial charge >= 0.3 is 0 Å². The fourth-order valence-electron chi connectivity index (χ4n) is 3.19. The molecule has 2 aromatic carbocycles. The Kier molecular flexibility index (Phi) is 7.40. The van der Waals surface area contributed by atoms with E-state index in [1.165, 1.54) is 5.56 Å². The number of hydrogen-bond acceptors (Lipinski definition) is 4. The van der Waals surface area contributed by atoms with Crippen LogP contribution in [0.3, 0.4) is 0 Å². The lowest BCUT2D eigenvalue weighted by Crippen LogP contribution is -2.35. The lowest BCUT2D eigenvalue weighted by atomic mass is 10.1. The molecule has 0 radical (unpaired) electrons. The molecular weight excluding hydrogens is 368 g/mol. The highest BCUT2D eigenvalue weighted by Gasteiger charge is 2.18. The van der Waals surface area contributed by atoms with Gasteiger partial charge in [-0.3, -0.25) is 4.79 Å². The van der Waals surface area contributed by atoms with Crippen LogP contribution in [0.5, 0.6) is 5.75 Å². The molecule has 2 aromatic rings. The van der Waals surface area contributed by atoms with Crippen LogP contribution in [0.2, 0.25) is 0 Å². The molecule has 28 heavy (non-hydrogen) atoms. The van der Waals surface area contributed by atoms with Crippen molar-refractivity contribution in [3.8, 4) is 5.75 Å². The number of hydrogen-bond donors (Lipinski definition) is 1. The summed E-state index contributed by atoms with van der Waals surface area (Å²) < 4.78 is 6.08. The second kappa shape index (κ2) is 9.99. The zero-order valence-corrected chi connectivity index (χ0v) is 17.8. The van der Waals surface area contributed by atoms with Gasteiger partial charge in [0.15, 0.2) is 0 Å². The second-order valence-corrected chi connectivity index (χ2v) is 8.97. The first-order valence-electron chi connectivity index (χ1n) is 9.95. The average molecular weight is 399 g/mol. The Morgan fingerprint density at radius 3 is 2.43 bits per heavy atom. The standard InChI is InChI=1S/C23H30N2O2S/c1-17-4-10-22(11-5-17)28-18(2)23(26)24-16-19-6-8-20(9-7-19)27-21-12-14-25(3)15-13-21/h4-11,18,21H,12-16H2,1-3H3,(H,24,26). The molecule has 1 aliphatic heterocycles. The van der Waals surface area contributed by atoms with Crippen LogP contribution in [-0.2, 0) is 11.3 Å². The zero-order chi connectivity index (χ0) is 19.9. The minimum atomic E-state index is -0.130. The molecule has 150 valence electrons. The van der Waals surface area contributed by atoms with Gasteiger partial charge in [0.05, 0.1) is 5.25 Å². The van der Waals surface area contributed by atoms with Crippen molar-refractivity contribution >= 4 is 17.7 Å². The Morgan fingerprint density at radius 2 is 1.79 bits per heavy atom. The Balaban J connectivity index is 1.43. The molecule has 0 aromatic heterocycles. The fourth-order valence-corrected chi connectivity index (χ4v) is 4.08. The molecule has 5 heteroatoms. The van der Waals surface area contributed by atoms with Crippen LogP contribution >= 0.6 is 11.8 Å². The molecule has 1 N–H and O–H groups in total. The van der Waals surface area contributed by atoms with Gasteiger partial charge in [-0.25, -0.2) is 0 Å². The highest BCUT2D eigenvalue weighted by molar-refractivity contribution is 8.00. The third-order valence-electron chi connectivity index (χ3n) is 5.06. The van der Waals surface area contributed by atoms with Gasteiger partial charge in [0.25, 0.3) is 0 Å². The molecule has 1 unspecified atom stereocenters. The van der Waals surface area contributed by atoms with Crippen LogP contribution < -0.4 is 10.1 Å². The highest BCUT2D eigenvalue weighted by atomic mass is 32.2. The van der Waals surface area contributed by atoms with E-state index >= 15 is 0 Å². The molecule has 3 rings (SSSR count). The molecule has 0 aliphatic carbocycles. The second-order valence-electron chi connectivity index (χ2n) is 7.56. The Labute approximate surface area is 172 Å². The van der Waals surface area contributed by atoms with Crippen molar-refractivity contribution in [3.05, 3.63) is 59.7 Å². The summed E-state index contributed by atoms with van der Waals surface area (Å²) in [5, 5.41) is 2.90. The fraction of sp³-hybridized carbons (Fsp3) is 0.435. The van der Waals surface area contributed by atoms with Gasteiger partial charge in [-0.15, -0.1) is 11.8 Å².